The minimum absolute atomic E-state index is 0.128. The SMILES string of the molecule is Cc1ccc(Br)c(-c2csc3nc(-c4ccncc4)[nH]c(=O)c23)c1. The van der Waals surface area contributed by atoms with Gasteiger partial charge in [0, 0.05) is 33.4 Å². The largest absolute Gasteiger partial charge is 0.306 e. The predicted octanol–water partition coefficient (Wildman–Crippen LogP) is 4.78. The lowest BCUT2D eigenvalue weighted by atomic mass is 10.0. The highest BCUT2D eigenvalue weighted by molar-refractivity contribution is 9.10. The van der Waals surface area contributed by atoms with Crippen LogP contribution in [0, 0.1) is 6.92 Å². The highest BCUT2D eigenvalue weighted by Crippen LogP contribution is 2.36. The molecule has 0 bridgehead atoms. The monoisotopic (exact) mass is 397 g/mol. The Morgan fingerprint density at radius 2 is 1.92 bits per heavy atom. The van der Waals surface area contributed by atoms with Crippen LogP contribution in [0.15, 0.2) is 57.4 Å². The third kappa shape index (κ3) is 2.57. The van der Waals surface area contributed by atoms with Crippen molar-refractivity contribution < 1.29 is 0 Å². The van der Waals surface area contributed by atoms with E-state index in [4.69, 9.17) is 0 Å². The van der Waals surface area contributed by atoms with Gasteiger partial charge in [0.1, 0.15) is 10.7 Å². The van der Waals surface area contributed by atoms with Gasteiger partial charge in [-0.3, -0.25) is 9.78 Å². The number of aromatic nitrogens is 3. The van der Waals surface area contributed by atoms with E-state index >= 15 is 0 Å². The molecule has 0 fully saturated rings. The zero-order valence-electron chi connectivity index (χ0n) is 12.7. The van der Waals surface area contributed by atoms with Gasteiger partial charge in [-0.15, -0.1) is 11.3 Å². The molecule has 0 saturated heterocycles. The van der Waals surface area contributed by atoms with Crippen molar-refractivity contribution in [2.24, 2.45) is 0 Å². The number of halogens is 1. The van der Waals surface area contributed by atoms with Crippen molar-refractivity contribution in [1.29, 1.82) is 0 Å². The summed E-state index contributed by atoms with van der Waals surface area (Å²) in [6.07, 6.45) is 3.37. The molecule has 0 aliphatic rings. The molecule has 0 aliphatic carbocycles. The summed E-state index contributed by atoms with van der Waals surface area (Å²) in [6.45, 7) is 2.04. The molecule has 4 aromatic rings. The van der Waals surface area contributed by atoms with E-state index < -0.39 is 0 Å². The first kappa shape index (κ1) is 15.2. The molecule has 0 aliphatic heterocycles. The summed E-state index contributed by atoms with van der Waals surface area (Å²) in [4.78, 5) is 24.9. The maximum Gasteiger partial charge on any atom is 0.260 e. The third-order valence-corrected chi connectivity index (χ3v) is 5.37. The average molecular weight is 398 g/mol. The number of aromatic amines is 1. The lowest BCUT2D eigenvalue weighted by Gasteiger charge is -2.05. The highest BCUT2D eigenvalue weighted by Gasteiger charge is 2.15. The lowest BCUT2D eigenvalue weighted by molar-refractivity contribution is 1.18. The van der Waals surface area contributed by atoms with Crippen molar-refractivity contribution in [2.75, 3.05) is 0 Å². The number of hydrogen-bond donors (Lipinski definition) is 1. The molecule has 0 radical (unpaired) electrons. The van der Waals surface area contributed by atoms with Crippen LogP contribution in [-0.4, -0.2) is 15.0 Å². The smallest absolute Gasteiger partial charge is 0.260 e. The summed E-state index contributed by atoms with van der Waals surface area (Å²) in [6, 6.07) is 9.76. The van der Waals surface area contributed by atoms with Gasteiger partial charge in [-0.25, -0.2) is 4.98 Å². The molecular formula is C18H12BrN3OS. The zero-order valence-corrected chi connectivity index (χ0v) is 15.1. The first-order valence-electron chi connectivity index (χ1n) is 7.32. The van der Waals surface area contributed by atoms with E-state index in [1.807, 2.05) is 36.6 Å². The second-order valence-corrected chi connectivity index (χ2v) is 7.18. The number of pyridine rings is 1. The van der Waals surface area contributed by atoms with Crippen molar-refractivity contribution in [3.05, 3.63) is 68.5 Å². The van der Waals surface area contributed by atoms with Gasteiger partial charge in [-0.05, 0) is 30.7 Å². The Balaban J connectivity index is 1.95. The van der Waals surface area contributed by atoms with Gasteiger partial charge in [0.2, 0.25) is 0 Å². The minimum atomic E-state index is -0.128. The number of aryl methyl sites for hydroxylation is 1. The Hall–Kier alpha value is -2.31. The Kier molecular flexibility index (Phi) is 3.78. The molecular weight excluding hydrogens is 386 g/mol. The number of benzene rings is 1. The quantitative estimate of drug-likeness (QED) is 0.529. The fourth-order valence-corrected chi connectivity index (χ4v) is 4.04. The van der Waals surface area contributed by atoms with Crippen molar-refractivity contribution in [3.63, 3.8) is 0 Å². The average Bonchev–Trinajstić information content (AvgIpc) is 3.02. The molecule has 3 aromatic heterocycles. The number of thiophene rings is 1. The van der Waals surface area contributed by atoms with E-state index in [2.05, 4.69) is 36.9 Å². The van der Waals surface area contributed by atoms with E-state index in [0.717, 1.165) is 31.6 Å². The van der Waals surface area contributed by atoms with Crippen LogP contribution >= 0.6 is 27.3 Å². The van der Waals surface area contributed by atoms with Crippen LogP contribution in [0.25, 0.3) is 32.7 Å². The van der Waals surface area contributed by atoms with Gasteiger partial charge >= 0.3 is 0 Å². The van der Waals surface area contributed by atoms with Gasteiger partial charge in [-0.2, -0.15) is 0 Å². The van der Waals surface area contributed by atoms with E-state index in [-0.39, 0.29) is 5.56 Å². The number of rotatable bonds is 2. The zero-order chi connectivity index (χ0) is 16.7. The standard InChI is InChI=1S/C18H12BrN3OS/c1-10-2-3-14(19)12(8-10)13-9-24-18-15(13)17(23)21-16(22-18)11-4-6-20-7-5-11/h2-9H,1H3,(H,21,22,23). The van der Waals surface area contributed by atoms with Crippen molar-refractivity contribution in [1.82, 2.24) is 15.0 Å². The van der Waals surface area contributed by atoms with E-state index in [9.17, 15) is 4.79 Å². The summed E-state index contributed by atoms with van der Waals surface area (Å²) < 4.78 is 0.963. The molecule has 3 heterocycles. The van der Waals surface area contributed by atoms with Crippen molar-refractivity contribution in [2.45, 2.75) is 6.92 Å². The summed E-state index contributed by atoms with van der Waals surface area (Å²) in [5.41, 5.74) is 3.77. The van der Waals surface area contributed by atoms with Crippen LogP contribution < -0.4 is 5.56 Å². The predicted molar refractivity (Wildman–Crippen MR) is 101 cm³/mol. The van der Waals surface area contributed by atoms with Crippen LogP contribution in [0.2, 0.25) is 0 Å². The number of nitrogens with zero attached hydrogens (tertiary/aromatic N) is 2. The Morgan fingerprint density at radius 3 is 2.71 bits per heavy atom. The number of nitrogens with one attached hydrogen (secondary N) is 1. The molecule has 24 heavy (non-hydrogen) atoms. The second kappa shape index (κ2) is 5.96. The second-order valence-electron chi connectivity index (χ2n) is 5.46. The maximum atomic E-state index is 12.7. The van der Waals surface area contributed by atoms with Gasteiger partial charge in [0.05, 0.1) is 5.39 Å². The van der Waals surface area contributed by atoms with Gasteiger partial charge in [0.25, 0.3) is 5.56 Å². The molecule has 4 nitrogen and oxygen atoms in total. The van der Waals surface area contributed by atoms with Crippen LogP contribution in [0.1, 0.15) is 5.56 Å². The van der Waals surface area contributed by atoms with Gasteiger partial charge in [0.15, 0.2) is 0 Å². The highest BCUT2D eigenvalue weighted by atomic mass is 79.9. The third-order valence-electron chi connectivity index (χ3n) is 3.81. The Morgan fingerprint density at radius 1 is 1.12 bits per heavy atom. The Bertz CT molecular complexity index is 1100. The molecule has 0 spiro atoms. The molecule has 0 amide bonds. The molecule has 1 N–H and O–H groups in total. The van der Waals surface area contributed by atoms with Gasteiger partial charge in [-0.1, -0.05) is 33.6 Å². The molecule has 0 unspecified atom stereocenters. The van der Waals surface area contributed by atoms with Crippen LogP contribution in [0.5, 0.6) is 0 Å². The first-order valence-corrected chi connectivity index (χ1v) is 8.99. The number of fused-ring (bicyclic) bond motifs is 1. The van der Waals surface area contributed by atoms with Gasteiger partial charge < -0.3 is 4.98 Å². The summed E-state index contributed by atoms with van der Waals surface area (Å²) >= 11 is 5.06. The number of H-pyrrole nitrogens is 1. The summed E-state index contributed by atoms with van der Waals surface area (Å²) in [5, 5.41) is 2.62. The lowest BCUT2D eigenvalue weighted by Crippen LogP contribution is -2.09. The van der Waals surface area contributed by atoms with E-state index in [0.29, 0.717) is 11.2 Å². The van der Waals surface area contributed by atoms with Crippen LogP contribution in [-0.2, 0) is 0 Å². The molecule has 0 saturated carbocycles. The molecule has 6 heteroatoms. The maximum absolute atomic E-state index is 12.7. The van der Waals surface area contributed by atoms with Crippen LogP contribution in [0.4, 0.5) is 0 Å². The fraction of sp³-hybridized carbons (Fsp3) is 0.0556. The molecule has 118 valence electrons. The Labute approximate surface area is 150 Å². The van der Waals surface area contributed by atoms with E-state index in [1.165, 1.54) is 11.3 Å². The fourth-order valence-electron chi connectivity index (χ4n) is 2.64. The van der Waals surface area contributed by atoms with E-state index in [1.54, 1.807) is 12.4 Å². The topological polar surface area (TPSA) is 58.6 Å². The number of hydrogen-bond acceptors (Lipinski definition) is 4. The summed E-state index contributed by atoms with van der Waals surface area (Å²) in [5.74, 6) is 0.562. The van der Waals surface area contributed by atoms with Crippen LogP contribution in [0.3, 0.4) is 0 Å². The normalized spacial score (nSPS) is 11.1. The molecule has 4 rings (SSSR count). The first-order chi connectivity index (χ1) is 11.6. The van der Waals surface area contributed by atoms with Crippen molar-refractivity contribution in [3.8, 4) is 22.5 Å². The van der Waals surface area contributed by atoms with Crippen molar-refractivity contribution >= 4 is 37.5 Å². The molecule has 1 aromatic carbocycles. The molecule has 0 atom stereocenters. The summed E-state index contributed by atoms with van der Waals surface area (Å²) in [7, 11) is 0. The minimum Gasteiger partial charge on any atom is -0.306 e.